The van der Waals surface area contributed by atoms with E-state index in [0.29, 0.717) is 17.4 Å². The van der Waals surface area contributed by atoms with Crippen molar-refractivity contribution in [1.29, 1.82) is 0 Å². The van der Waals surface area contributed by atoms with Gasteiger partial charge in [-0.2, -0.15) is 5.10 Å². The van der Waals surface area contributed by atoms with Gasteiger partial charge in [-0.25, -0.2) is 4.52 Å². The number of methoxy groups -OCH3 is 1. The monoisotopic (exact) mass is 528 g/mol. The van der Waals surface area contributed by atoms with E-state index in [-0.39, 0.29) is 5.91 Å². The molecular formula is C33H44N4O2. The van der Waals surface area contributed by atoms with Crippen molar-refractivity contribution in [2.45, 2.75) is 59.8 Å². The minimum Gasteiger partial charge on any atom is -0.497 e. The summed E-state index contributed by atoms with van der Waals surface area (Å²) in [7, 11) is 1.67. The van der Waals surface area contributed by atoms with Gasteiger partial charge in [0.25, 0.3) is 5.91 Å². The van der Waals surface area contributed by atoms with Crippen molar-refractivity contribution >= 4 is 11.4 Å². The molecule has 3 aromatic rings. The number of benzene rings is 1. The van der Waals surface area contributed by atoms with Crippen LogP contribution in [0.1, 0.15) is 75.7 Å². The van der Waals surface area contributed by atoms with Crippen LogP contribution in [0.4, 0.5) is 0 Å². The average Bonchev–Trinajstić information content (AvgIpc) is 3.30. The zero-order valence-electron chi connectivity index (χ0n) is 24.4. The molecule has 1 aliphatic rings. The highest BCUT2D eigenvalue weighted by molar-refractivity contribution is 5.96. The van der Waals surface area contributed by atoms with Gasteiger partial charge in [-0.05, 0) is 87.0 Å². The summed E-state index contributed by atoms with van der Waals surface area (Å²) in [6.45, 7) is 13.3. The standard InChI is InChI=1S/C33H44N4O2/c1-25(2)15-21-36(22-16-26(3)4)33(38)28-17-23-37-31(24-28)30(10-9-20-35-18-7-6-8-19-35)32(34-37)27-11-13-29(39-5)14-12-27/h11-14,17,23-26H,6-8,15-16,18-22H2,1-5H3. The van der Waals surface area contributed by atoms with Crippen LogP contribution in [-0.2, 0) is 0 Å². The largest absolute Gasteiger partial charge is 0.497 e. The zero-order chi connectivity index (χ0) is 27.8. The molecule has 0 bridgehead atoms. The Labute approximate surface area is 234 Å². The predicted molar refractivity (Wildman–Crippen MR) is 159 cm³/mol. The Morgan fingerprint density at radius 2 is 1.67 bits per heavy atom. The molecule has 1 fully saturated rings. The molecule has 208 valence electrons. The summed E-state index contributed by atoms with van der Waals surface area (Å²) in [6, 6.07) is 11.8. The molecule has 1 aliphatic heterocycles. The number of amides is 1. The predicted octanol–water partition coefficient (Wildman–Crippen LogP) is 6.38. The number of fused-ring (bicyclic) bond motifs is 1. The first-order chi connectivity index (χ1) is 18.9. The molecule has 0 saturated carbocycles. The fraction of sp³-hybridized carbons (Fsp3) is 0.515. The third kappa shape index (κ3) is 7.64. The topological polar surface area (TPSA) is 50.1 Å². The van der Waals surface area contributed by atoms with Crippen LogP contribution >= 0.6 is 0 Å². The van der Waals surface area contributed by atoms with E-state index in [1.54, 1.807) is 7.11 Å². The summed E-state index contributed by atoms with van der Waals surface area (Å²) in [5.74, 6) is 8.85. The number of ether oxygens (including phenoxy) is 1. The van der Waals surface area contributed by atoms with Crippen LogP contribution < -0.4 is 4.74 Å². The molecule has 1 amide bonds. The van der Waals surface area contributed by atoms with Gasteiger partial charge in [-0.1, -0.05) is 46.0 Å². The summed E-state index contributed by atoms with van der Waals surface area (Å²) in [5, 5.41) is 4.90. The van der Waals surface area contributed by atoms with Crippen molar-refractivity contribution in [2.24, 2.45) is 11.8 Å². The van der Waals surface area contributed by atoms with Crippen LogP contribution in [0.2, 0.25) is 0 Å². The van der Waals surface area contributed by atoms with Gasteiger partial charge >= 0.3 is 0 Å². The quantitative estimate of drug-likeness (QED) is 0.287. The number of pyridine rings is 1. The zero-order valence-corrected chi connectivity index (χ0v) is 24.4. The number of carbonyl (C=O) groups excluding carboxylic acids is 1. The minimum atomic E-state index is 0.0817. The number of aromatic nitrogens is 2. The van der Waals surface area contributed by atoms with E-state index < -0.39 is 0 Å². The maximum absolute atomic E-state index is 13.7. The summed E-state index contributed by atoms with van der Waals surface area (Å²) < 4.78 is 7.21. The minimum absolute atomic E-state index is 0.0817. The van der Waals surface area contributed by atoms with Crippen LogP contribution in [0.3, 0.4) is 0 Å². The highest BCUT2D eigenvalue weighted by Crippen LogP contribution is 2.28. The molecule has 2 aromatic heterocycles. The lowest BCUT2D eigenvalue weighted by Gasteiger charge is -2.24. The second-order valence-electron chi connectivity index (χ2n) is 11.5. The third-order valence-electron chi connectivity index (χ3n) is 7.45. The molecule has 4 rings (SSSR count). The lowest BCUT2D eigenvalue weighted by Crippen LogP contribution is -2.34. The van der Waals surface area contributed by atoms with Crippen LogP contribution in [-0.4, -0.2) is 65.2 Å². The van der Waals surface area contributed by atoms with E-state index in [0.717, 1.165) is 73.7 Å². The molecule has 0 unspecified atom stereocenters. The van der Waals surface area contributed by atoms with Gasteiger partial charge in [0.15, 0.2) is 0 Å². The van der Waals surface area contributed by atoms with Gasteiger partial charge in [0.05, 0.1) is 24.7 Å². The summed E-state index contributed by atoms with van der Waals surface area (Å²) >= 11 is 0. The Balaban J connectivity index is 1.71. The SMILES string of the molecule is COc1ccc(-c2nn3ccc(C(=O)N(CCC(C)C)CCC(C)C)cc3c2C#CCN2CCCCC2)cc1. The van der Waals surface area contributed by atoms with Crippen molar-refractivity contribution in [2.75, 3.05) is 39.8 Å². The number of hydrogen-bond acceptors (Lipinski definition) is 4. The molecule has 0 spiro atoms. The lowest BCUT2D eigenvalue weighted by atomic mass is 10.0. The summed E-state index contributed by atoms with van der Waals surface area (Å²) in [5.41, 5.74) is 4.22. The Bertz CT molecular complexity index is 1280. The number of nitrogens with zero attached hydrogens (tertiary/aromatic N) is 4. The number of carbonyl (C=O) groups is 1. The van der Waals surface area contributed by atoms with Crippen molar-refractivity contribution in [3.05, 3.63) is 53.7 Å². The Hall–Kier alpha value is -3.30. The molecule has 0 aliphatic carbocycles. The van der Waals surface area contributed by atoms with Gasteiger partial charge in [0.1, 0.15) is 11.4 Å². The van der Waals surface area contributed by atoms with Crippen molar-refractivity contribution in [3.8, 4) is 28.8 Å². The maximum atomic E-state index is 13.7. The van der Waals surface area contributed by atoms with Crippen molar-refractivity contribution in [1.82, 2.24) is 19.4 Å². The molecule has 0 radical (unpaired) electrons. The Morgan fingerprint density at radius 3 is 2.28 bits per heavy atom. The molecule has 1 aromatic carbocycles. The van der Waals surface area contributed by atoms with Gasteiger partial charge in [-0.15, -0.1) is 0 Å². The average molecular weight is 529 g/mol. The van der Waals surface area contributed by atoms with E-state index in [1.165, 1.54) is 19.3 Å². The van der Waals surface area contributed by atoms with Crippen LogP contribution in [0.5, 0.6) is 5.75 Å². The van der Waals surface area contributed by atoms with Crippen molar-refractivity contribution < 1.29 is 9.53 Å². The maximum Gasteiger partial charge on any atom is 0.253 e. The first-order valence-corrected chi connectivity index (χ1v) is 14.5. The third-order valence-corrected chi connectivity index (χ3v) is 7.45. The molecular weight excluding hydrogens is 484 g/mol. The molecule has 1 saturated heterocycles. The smallest absolute Gasteiger partial charge is 0.253 e. The van der Waals surface area contributed by atoms with Gasteiger partial charge in [-0.3, -0.25) is 9.69 Å². The Kier molecular flexibility index (Phi) is 10.1. The highest BCUT2D eigenvalue weighted by Gasteiger charge is 2.20. The second-order valence-corrected chi connectivity index (χ2v) is 11.5. The lowest BCUT2D eigenvalue weighted by molar-refractivity contribution is 0.0741. The normalized spacial score (nSPS) is 14.0. The number of hydrogen-bond donors (Lipinski definition) is 0. The van der Waals surface area contributed by atoms with E-state index in [4.69, 9.17) is 9.84 Å². The highest BCUT2D eigenvalue weighted by atomic mass is 16.5. The molecule has 3 heterocycles. The van der Waals surface area contributed by atoms with Crippen molar-refractivity contribution in [3.63, 3.8) is 0 Å². The van der Waals surface area contributed by atoms with E-state index in [2.05, 4.69) is 44.4 Å². The van der Waals surface area contributed by atoms with Crippen LogP contribution in [0.15, 0.2) is 42.6 Å². The van der Waals surface area contributed by atoms with Crippen LogP contribution in [0, 0.1) is 23.7 Å². The molecule has 6 nitrogen and oxygen atoms in total. The summed E-state index contributed by atoms with van der Waals surface area (Å²) in [6.07, 6.45) is 7.67. The number of likely N-dealkylation sites (tertiary alicyclic amines) is 1. The molecule has 6 heteroatoms. The van der Waals surface area contributed by atoms with Gasteiger partial charge in [0, 0.05) is 30.4 Å². The molecule has 39 heavy (non-hydrogen) atoms. The fourth-order valence-corrected chi connectivity index (χ4v) is 4.94. The van der Waals surface area contributed by atoms with E-state index in [1.807, 2.05) is 52.0 Å². The first-order valence-electron chi connectivity index (χ1n) is 14.5. The van der Waals surface area contributed by atoms with Crippen LogP contribution in [0.25, 0.3) is 16.8 Å². The van der Waals surface area contributed by atoms with Gasteiger partial charge < -0.3 is 9.64 Å². The van der Waals surface area contributed by atoms with E-state index >= 15 is 0 Å². The molecule has 0 N–H and O–H groups in total. The van der Waals surface area contributed by atoms with E-state index in [9.17, 15) is 4.79 Å². The molecule has 0 atom stereocenters. The first kappa shape index (κ1) is 28.7. The number of piperidine rings is 1. The number of rotatable bonds is 10. The fourth-order valence-electron chi connectivity index (χ4n) is 4.94. The van der Waals surface area contributed by atoms with Gasteiger partial charge in [0.2, 0.25) is 0 Å². The summed E-state index contributed by atoms with van der Waals surface area (Å²) in [4.78, 5) is 18.2. The second kappa shape index (κ2) is 13.7. The Morgan fingerprint density at radius 1 is 1.00 bits per heavy atom.